The van der Waals surface area contributed by atoms with Crippen LogP contribution in [-0.2, 0) is 0 Å². The Kier molecular flexibility index (Phi) is 2.97. The number of nitrogens with zero attached hydrogens (tertiary/aromatic N) is 2. The summed E-state index contributed by atoms with van der Waals surface area (Å²) >= 11 is 5.84. The molecule has 1 aliphatic heterocycles. The quantitative estimate of drug-likeness (QED) is 0.690. The van der Waals surface area contributed by atoms with E-state index < -0.39 is 0 Å². The van der Waals surface area contributed by atoms with E-state index in [1.165, 1.54) is 0 Å². The summed E-state index contributed by atoms with van der Waals surface area (Å²) in [6.45, 7) is 1.95. The van der Waals surface area contributed by atoms with Crippen molar-refractivity contribution in [3.8, 4) is 0 Å². The molecule has 0 radical (unpaired) electrons. The Morgan fingerprint density at radius 3 is 2.67 bits per heavy atom. The molecule has 0 aromatic heterocycles. The largest absolute Gasteiger partial charge is 0.154 e. The number of benzene rings is 1. The standard InChI is InChI=1S/C12H11ClN2/c1-9-11(8-12(13)15-14-9)7-10-5-3-2-4-6-10/h2-7H,8H2,1H3/b11-7+. The van der Waals surface area contributed by atoms with E-state index in [1.54, 1.807) is 0 Å². The van der Waals surface area contributed by atoms with Gasteiger partial charge < -0.3 is 0 Å². The maximum Gasteiger partial charge on any atom is 0.133 e. The third-order valence-electron chi connectivity index (χ3n) is 2.25. The van der Waals surface area contributed by atoms with Crippen molar-refractivity contribution in [3.05, 3.63) is 41.5 Å². The zero-order chi connectivity index (χ0) is 10.7. The van der Waals surface area contributed by atoms with Gasteiger partial charge in [-0.3, -0.25) is 0 Å². The van der Waals surface area contributed by atoms with Gasteiger partial charge in [-0.1, -0.05) is 41.9 Å². The molecule has 3 heteroatoms. The van der Waals surface area contributed by atoms with Gasteiger partial charge in [-0.25, -0.2) is 0 Å². The van der Waals surface area contributed by atoms with Crippen LogP contribution >= 0.6 is 11.6 Å². The molecule has 15 heavy (non-hydrogen) atoms. The van der Waals surface area contributed by atoms with Crippen LogP contribution in [0.1, 0.15) is 18.9 Å². The van der Waals surface area contributed by atoms with Gasteiger partial charge in [-0.15, -0.1) is 5.10 Å². The maximum absolute atomic E-state index is 5.84. The second-order valence-electron chi connectivity index (χ2n) is 3.42. The maximum atomic E-state index is 5.84. The molecule has 0 saturated heterocycles. The fourth-order valence-corrected chi connectivity index (χ4v) is 1.60. The van der Waals surface area contributed by atoms with Crippen LogP contribution in [0.15, 0.2) is 46.1 Å². The minimum atomic E-state index is 0.544. The van der Waals surface area contributed by atoms with Gasteiger partial charge in [0.25, 0.3) is 0 Å². The molecule has 1 aromatic rings. The smallest absolute Gasteiger partial charge is 0.133 e. The lowest BCUT2D eigenvalue weighted by Crippen LogP contribution is -2.06. The normalized spacial score (nSPS) is 18.7. The van der Waals surface area contributed by atoms with Gasteiger partial charge in [0.2, 0.25) is 0 Å². The lowest BCUT2D eigenvalue weighted by molar-refractivity contribution is 1.17. The summed E-state index contributed by atoms with van der Waals surface area (Å²) in [6.07, 6.45) is 2.77. The van der Waals surface area contributed by atoms with Crippen LogP contribution in [0.5, 0.6) is 0 Å². The highest BCUT2D eigenvalue weighted by molar-refractivity contribution is 6.66. The Bertz CT molecular complexity index is 444. The van der Waals surface area contributed by atoms with E-state index in [-0.39, 0.29) is 0 Å². The Morgan fingerprint density at radius 2 is 1.93 bits per heavy atom. The fourth-order valence-electron chi connectivity index (χ4n) is 1.42. The van der Waals surface area contributed by atoms with E-state index in [2.05, 4.69) is 28.4 Å². The van der Waals surface area contributed by atoms with E-state index in [0.717, 1.165) is 16.8 Å². The summed E-state index contributed by atoms with van der Waals surface area (Å²) in [4.78, 5) is 0. The summed E-state index contributed by atoms with van der Waals surface area (Å²) in [5, 5.41) is 8.37. The van der Waals surface area contributed by atoms with Crippen LogP contribution < -0.4 is 0 Å². The number of hydrogen-bond donors (Lipinski definition) is 0. The molecule has 1 heterocycles. The van der Waals surface area contributed by atoms with Crippen LogP contribution in [0, 0.1) is 0 Å². The second-order valence-corrected chi connectivity index (χ2v) is 3.85. The molecule has 0 spiro atoms. The Morgan fingerprint density at radius 1 is 1.20 bits per heavy atom. The number of hydrogen-bond acceptors (Lipinski definition) is 2. The number of allylic oxidation sites excluding steroid dienone is 1. The van der Waals surface area contributed by atoms with Crippen molar-refractivity contribution in [2.75, 3.05) is 0 Å². The van der Waals surface area contributed by atoms with Crippen molar-refractivity contribution in [1.82, 2.24) is 0 Å². The van der Waals surface area contributed by atoms with E-state index in [0.29, 0.717) is 11.6 Å². The number of halogens is 1. The molecule has 2 rings (SSSR count). The highest BCUT2D eigenvalue weighted by atomic mass is 35.5. The SMILES string of the molecule is CC1=NN=C(Cl)C/C1=C\c1ccccc1. The Labute approximate surface area is 94.0 Å². The first-order chi connectivity index (χ1) is 7.25. The van der Waals surface area contributed by atoms with Crippen molar-refractivity contribution in [3.63, 3.8) is 0 Å². The predicted molar refractivity (Wildman–Crippen MR) is 65.4 cm³/mol. The van der Waals surface area contributed by atoms with Crippen LogP contribution in [0.3, 0.4) is 0 Å². The van der Waals surface area contributed by atoms with Gasteiger partial charge in [0, 0.05) is 6.42 Å². The summed E-state index contributed by atoms with van der Waals surface area (Å²) in [5.74, 6) is 0. The molecule has 0 atom stereocenters. The molecule has 0 aliphatic carbocycles. The minimum absolute atomic E-state index is 0.544. The first kappa shape index (κ1) is 10.1. The van der Waals surface area contributed by atoms with Gasteiger partial charge in [0.05, 0.1) is 5.71 Å². The van der Waals surface area contributed by atoms with E-state index in [1.807, 2.05) is 25.1 Å². The lowest BCUT2D eigenvalue weighted by Gasteiger charge is -2.09. The zero-order valence-electron chi connectivity index (χ0n) is 8.44. The van der Waals surface area contributed by atoms with Crippen molar-refractivity contribution >= 4 is 28.6 Å². The first-order valence-electron chi connectivity index (χ1n) is 4.78. The molecule has 1 aliphatic rings. The monoisotopic (exact) mass is 218 g/mol. The number of rotatable bonds is 1. The molecular formula is C12H11ClN2. The van der Waals surface area contributed by atoms with Gasteiger partial charge >= 0.3 is 0 Å². The molecule has 0 amide bonds. The Balaban J connectivity index is 2.30. The summed E-state index contributed by atoms with van der Waals surface area (Å²) in [6, 6.07) is 10.1. The molecule has 1 aromatic carbocycles. The summed E-state index contributed by atoms with van der Waals surface area (Å²) < 4.78 is 0. The third-order valence-corrected chi connectivity index (χ3v) is 2.46. The van der Waals surface area contributed by atoms with E-state index >= 15 is 0 Å². The molecule has 0 unspecified atom stereocenters. The van der Waals surface area contributed by atoms with Gasteiger partial charge in [-0.05, 0) is 24.1 Å². The molecule has 0 bridgehead atoms. The van der Waals surface area contributed by atoms with Crippen molar-refractivity contribution < 1.29 is 0 Å². The highest BCUT2D eigenvalue weighted by Gasteiger charge is 2.10. The fraction of sp³-hybridized carbons (Fsp3) is 0.167. The molecule has 0 N–H and O–H groups in total. The van der Waals surface area contributed by atoms with Gasteiger partial charge in [-0.2, -0.15) is 5.10 Å². The average Bonchev–Trinajstić information content (AvgIpc) is 2.25. The van der Waals surface area contributed by atoms with Gasteiger partial charge in [0.1, 0.15) is 5.17 Å². The summed E-state index contributed by atoms with van der Waals surface area (Å²) in [5.41, 5.74) is 3.22. The molecule has 0 fully saturated rings. The predicted octanol–water partition coefficient (Wildman–Crippen LogP) is 3.49. The van der Waals surface area contributed by atoms with E-state index in [9.17, 15) is 0 Å². The van der Waals surface area contributed by atoms with Crippen LogP contribution in [-0.4, -0.2) is 10.9 Å². The highest BCUT2D eigenvalue weighted by Crippen LogP contribution is 2.17. The second kappa shape index (κ2) is 4.41. The first-order valence-corrected chi connectivity index (χ1v) is 5.16. The molecule has 76 valence electrons. The van der Waals surface area contributed by atoms with E-state index in [4.69, 9.17) is 11.6 Å². The molecule has 2 nitrogen and oxygen atoms in total. The third kappa shape index (κ3) is 2.54. The zero-order valence-corrected chi connectivity index (χ0v) is 9.20. The topological polar surface area (TPSA) is 24.7 Å². The van der Waals surface area contributed by atoms with Crippen LogP contribution in [0.25, 0.3) is 6.08 Å². The van der Waals surface area contributed by atoms with Crippen molar-refractivity contribution in [2.24, 2.45) is 10.2 Å². The van der Waals surface area contributed by atoms with Crippen molar-refractivity contribution in [1.29, 1.82) is 0 Å². The lowest BCUT2D eigenvalue weighted by atomic mass is 10.0. The summed E-state index contributed by atoms with van der Waals surface area (Å²) in [7, 11) is 0. The van der Waals surface area contributed by atoms with Gasteiger partial charge in [0.15, 0.2) is 0 Å². The van der Waals surface area contributed by atoms with Crippen molar-refractivity contribution in [2.45, 2.75) is 13.3 Å². The minimum Gasteiger partial charge on any atom is -0.154 e. The molecule has 0 saturated carbocycles. The van der Waals surface area contributed by atoms with Crippen LogP contribution in [0.4, 0.5) is 0 Å². The molecular weight excluding hydrogens is 208 g/mol. The Hall–Kier alpha value is -1.41. The van der Waals surface area contributed by atoms with Crippen LogP contribution in [0.2, 0.25) is 0 Å². The average molecular weight is 219 g/mol.